The molecule has 0 radical (unpaired) electrons. The number of hydrogen-bond donors (Lipinski definition) is 1. The highest BCUT2D eigenvalue weighted by Gasteiger charge is 2.31. The Morgan fingerprint density at radius 1 is 1.14 bits per heavy atom. The molecular formula is C30H35F3N2O5S2. The lowest BCUT2D eigenvalue weighted by molar-refractivity contribution is -0.140. The van der Waals surface area contributed by atoms with Gasteiger partial charge < -0.3 is 19.4 Å². The molecule has 4 aromatic rings. The molecular weight excluding hydrogens is 589 g/mol. The van der Waals surface area contributed by atoms with Crippen molar-refractivity contribution in [1.82, 2.24) is 9.88 Å². The summed E-state index contributed by atoms with van der Waals surface area (Å²) in [4.78, 5) is 11.8. The Kier molecular flexibility index (Phi) is 9.89. The molecule has 0 saturated carbocycles. The third-order valence-electron chi connectivity index (χ3n) is 7.00. The van der Waals surface area contributed by atoms with Crippen LogP contribution in [0, 0.1) is 6.92 Å². The van der Waals surface area contributed by atoms with E-state index in [-0.39, 0.29) is 28.5 Å². The van der Waals surface area contributed by atoms with E-state index < -0.39 is 21.6 Å². The van der Waals surface area contributed by atoms with Gasteiger partial charge in [-0.25, -0.2) is 8.42 Å². The highest BCUT2D eigenvalue weighted by Crippen LogP contribution is 2.38. The molecule has 0 aliphatic rings. The lowest BCUT2D eigenvalue weighted by Gasteiger charge is -2.16. The lowest BCUT2D eigenvalue weighted by Crippen LogP contribution is -2.30. The number of carbonyl (C=O) groups is 1. The van der Waals surface area contributed by atoms with Gasteiger partial charge in [-0.05, 0) is 80.1 Å². The smallest absolute Gasteiger partial charge is 0.416 e. The Morgan fingerprint density at radius 2 is 1.90 bits per heavy atom. The number of aryl methyl sites for hydroxylation is 2. The Labute approximate surface area is 247 Å². The molecule has 42 heavy (non-hydrogen) atoms. The molecule has 2 heterocycles. The van der Waals surface area contributed by atoms with Crippen LogP contribution in [0.15, 0.2) is 46.8 Å². The summed E-state index contributed by atoms with van der Waals surface area (Å²) in [5, 5.41) is 4.52. The largest absolute Gasteiger partial charge is 0.489 e. The number of aromatic nitrogens is 1. The maximum Gasteiger partial charge on any atom is 0.416 e. The summed E-state index contributed by atoms with van der Waals surface area (Å²) in [6.07, 6.45) is -1.23. The summed E-state index contributed by atoms with van der Waals surface area (Å²) >= 11 is 1.01. The second-order valence-electron chi connectivity index (χ2n) is 10.3. The van der Waals surface area contributed by atoms with Crippen molar-refractivity contribution in [3.05, 3.63) is 59.3 Å². The Balaban J connectivity index is 1.32. The molecule has 0 aliphatic carbocycles. The van der Waals surface area contributed by atoms with E-state index in [1.165, 1.54) is 13.2 Å². The van der Waals surface area contributed by atoms with Gasteiger partial charge in [-0.15, -0.1) is 11.3 Å². The van der Waals surface area contributed by atoms with Crippen molar-refractivity contribution in [2.24, 2.45) is 0 Å². The van der Waals surface area contributed by atoms with Crippen LogP contribution in [0.4, 0.5) is 13.2 Å². The van der Waals surface area contributed by atoms with Crippen molar-refractivity contribution in [2.75, 3.05) is 26.0 Å². The lowest BCUT2D eigenvalue weighted by atomic mass is 10.1. The van der Waals surface area contributed by atoms with Crippen LogP contribution < -0.4 is 10.1 Å². The number of nitrogens with zero attached hydrogens (tertiary/aromatic N) is 1. The fourth-order valence-corrected chi connectivity index (χ4v) is 8.18. The molecule has 0 aliphatic heterocycles. The number of esters is 1. The second kappa shape index (κ2) is 13.0. The summed E-state index contributed by atoms with van der Waals surface area (Å²) in [7, 11) is -2.28. The van der Waals surface area contributed by atoms with Gasteiger partial charge in [0.15, 0.2) is 9.84 Å². The normalized spacial score (nSPS) is 13.1. The van der Waals surface area contributed by atoms with Crippen molar-refractivity contribution >= 4 is 48.1 Å². The first kappa shape index (κ1) is 31.8. The topological polar surface area (TPSA) is 86.6 Å². The first-order valence-corrected chi connectivity index (χ1v) is 16.2. The van der Waals surface area contributed by atoms with Crippen LogP contribution >= 0.6 is 11.3 Å². The number of methoxy groups -OCH3 is 1. The maximum absolute atomic E-state index is 13.1. The highest BCUT2D eigenvalue weighted by molar-refractivity contribution is 7.93. The number of sulfone groups is 1. The molecule has 1 N–H and O–H groups in total. The van der Waals surface area contributed by atoms with Gasteiger partial charge in [0.2, 0.25) is 0 Å². The number of fused-ring (bicyclic) bond motifs is 2. The summed E-state index contributed by atoms with van der Waals surface area (Å²) in [5.41, 5.74) is 1.44. The molecule has 0 saturated heterocycles. The number of thiophene rings is 1. The molecule has 0 amide bonds. The minimum atomic E-state index is -4.49. The maximum atomic E-state index is 13.1. The first-order valence-electron chi connectivity index (χ1n) is 13.7. The van der Waals surface area contributed by atoms with Gasteiger partial charge in [0.1, 0.15) is 16.1 Å². The van der Waals surface area contributed by atoms with E-state index in [9.17, 15) is 26.4 Å². The van der Waals surface area contributed by atoms with E-state index in [1.54, 1.807) is 6.92 Å². The average Bonchev–Trinajstić information content (AvgIpc) is 3.45. The zero-order chi connectivity index (χ0) is 30.7. The molecule has 228 valence electrons. The predicted molar refractivity (Wildman–Crippen MR) is 159 cm³/mol. The number of rotatable bonds is 13. The number of hydrogen-bond acceptors (Lipinski definition) is 7. The van der Waals surface area contributed by atoms with Crippen molar-refractivity contribution in [3.8, 4) is 5.75 Å². The third kappa shape index (κ3) is 7.27. The Hall–Kier alpha value is -3.09. The number of carbonyl (C=O) groups excluding carboxylic acids is 1. The fraction of sp³-hybridized carbons (Fsp3) is 0.433. The molecule has 2 aromatic heterocycles. The number of halogens is 3. The van der Waals surface area contributed by atoms with E-state index in [0.29, 0.717) is 40.9 Å². The molecule has 0 bridgehead atoms. The SMILES string of the molecule is CCCn1cc(CC(=O)OC)c2ccc(O[C@H](C)CNCCCS(=O)(=O)c3sc4ccc(C(F)(F)F)cc4c3C)cc21. The number of alkyl halides is 3. The van der Waals surface area contributed by atoms with E-state index in [0.717, 1.165) is 52.9 Å². The monoisotopic (exact) mass is 624 g/mol. The molecule has 4 rings (SSSR count). The number of benzene rings is 2. The van der Waals surface area contributed by atoms with Gasteiger partial charge in [0, 0.05) is 35.4 Å². The Morgan fingerprint density at radius 3 is 2.60 bits per heavy atom. The third-order valence-corrected chi connectivity index (χ3v) is 10.8. The van der Waals surface area contributed by atoms with E-state index in [2.05, 4.69) is 16.8 Å². The van der Waals surface area contributed by atoms with Crippen LogP contribution in [-0.4, -0.2) is 51.0 Å². The van der Waals surface area contributed by atoms with Crippen LogP contribution in [0.3, 0.4) is 0 Å². The summed E-state index contributed by atoms with van der Waals surface area (Å²) < 4.78 is 79.0. The van der Waals surface area contributed by atoms with Crippen molar-refractivity contribution in [2.45, 2.75) is 63.1 Å². The summed E-state index contributed by atoms with van der Waals surface area (Å²) in [5.74, 6) is 0.277. The molecule has 2 aromatic carbocycles. The summed E-state index contributed by atoms with van der Waals surface area (Å²) in [6, 6.07) is 9.10. The first-order chi connectivity index (χ1) is 19.8. The van der Waals surface area contributed by atoms with E-state index >= 15 is 0 Å². The van der Waals surface area contributed by atoms with Gasteiger partial charge in [0.05, 0.1) is 30.4 Å². The van der Waals surface area contributed by atoms with Crippen molar-refractivity contribution in [3.63, 3.8) is 0 Å². The zero-order valence-electron chi connectivity index (χ0n) is 24.0. The van der Waals surface area contributed by atoms with Gasteiger partial charge in [-0.1, -0.05) is 6.92 Å². The minimum absolute atomic E-state index is 0.117. The van der Waals surface area contributed by atoms with Crippen LogP contribution in [-0.2, 0) is 38.5 Å². The van der Waals surface area contributed by atoms with Crippen LogP contribution in [0.5, 0.6) is 5.75 Å². The predicted octanol–water partition coefficient (Wildman–Crippen LogP) is 6.53. The molecule has 1 atom stereocenters. The van der Waals surface area contributed by atoms with E-state index in [4.69, 9.17) is 9.47 Å². The standard InChI is InChI=1S/C30H35F3N2O5S2/c1-5-12-35-18-21(14-28(36)39-4)24-9-8-23(16-26(24)35)40-19(2)17-34-11-6-13-42(37,38)29-20(3)25-15-22(30(31,32)33)7-10-27(25)41-29/h7-10,15-16,18-19,34H,5-6,11-14,17H2,1-4H3/t19-/m1/s1. The average molecular weight is 625 g/mol. The second-order valence-corrected chi connectivity index (χ2v) is 13.7. The van der Waals surface area contributed by atoms with Crippen LogP contribution in [0.25, 0.3) is 21.0 Å². The quantitative estimate of drug-likeness (QED) is 0.135. The van der Waals surface area contributed by atoms with Gasteiger partial charge in [0.25, 0.3) is 0 Å². The zero-order valence-corrected chi connectivity index (χ0v) is 25.6. The van der Waals surface area contributed by atoms with Crippen molar-refractivity contribution < 1.29 is 35.9 Å². The molecule has 0 unspecified atom stereocenters. The van der Waals surface area contributed by atoms with Gasteiger partial charge >= 0.3 is 12.1 Å². The van der Waals surface area contributed by atoms with E-state index in [1.807, 2.05) is 31.3 Å². The van der Waals surface area contributed by atoms with Crippen LogP contribution in [0.1, 0.15) is 43.4 Å². The highest BCUT2D eigenvalue weighted by atomic mass is 32.2. The van der Waals surface area contributed by atoms with Crippen LogP contribution in [0.2, 0.25) is 0 Å². The molecule has 12 heteroatoms. The van der Waals surface area contributed by atoms with Gasteiger partial charge in [-0.2, -0.15) is 13.2 Å². The fourth-order valence-electron chi connectivity index (χ4n) is 4.95. The number of nitrogens with one attached hydrogen (secondary N) is 1. The minimum Gasteiger partial charge on any atom is -0.489 e. The Bertz CT molecular complexity index is 1680. The van der Waals surface area contributed by atoms with Gasteiger partial charge in [-0.3, -0.25) is 4.79 Å². The van der Waals surface area contributed by atoms with Crippen molar-refractivity contribution in [1.29, 1.82) is 0 Å². The number of ether oxygens (including phenoxy) is 2. The molecule has 0 fully saturated rings. The molecule has 0 spiro atoms. The summed E-state index contributed by atoms with van der Waals surface area (Å²) in [6.45, 7) is 7.28. The molecule has 7 nitrogen and oxygen atoms in total.